The maximum absolute atomic E-state index is 13.4. The average Bonchev–Trinajstić information content (AvgIpc) is 3.69. The van der Waals surface area contributed by atoms with Crippen LogP contribution in [-0.4, -0.2) is 99.6 Å². The first kappa shape index (κ1) is 76.8. The van der Waals surface area contributed by atoms with E-state index in [4.69, 9.17) is 14.2 Å². The fourth-order valence-electron chi connectivity index (χ4n) is 9.34. The van der Waals surface area contributed by atoms with E-state index in [-0.39, 0.29) is 19.4 Å². The van der Waals surface area contributed by atoms with E-state index in [0.29, 0.717) is 12.8 Å². The Bertz CT molecular complexity index is 1860. The highest BCUT2D eigenvalue weighted by Gasteiger charge is 2.47. The van der Waals surface area contributed by atoms with Crippen LogP contribution in [0.1, 0.15) is 245 Å². The third-order valence-corrected chi connectivity index (χ3v) is 14.5. The van der Waals surface area contributed by atoms with Gasteiger partial charge in [0.05, 0.1) is 25.4 Å². The van der Waals surface area contributed by atoms with Crippen LogP contribution in [0.25, 0.3) is 0 Å². The van der Waals surface area contributed by atoms with Crippen LogP contribution >= 0.6 is 0 Å². The van der Waals surface area contributed by atoms with Crippen molar-refractivity contribution in [3.63, 3.8) is 0 Å². The lowest BCUT2D eigenvalue weighted by Gasteiger charge is -2.41. The molecule has 11 nitrogen and oxygen atoms in total. The molecule has 0 saturated carbocycles. The summed E-state index contributed by atoms with van der Waals surface area (Å²) in [6.45, 7) is 5.60. The third kappa shape index (κ3) is 45.8. The molecule has 0 aliphatic carbocycles. The van der Waals surface area contributed by atoms with Crippen LogP contribution in [0.4, 0.5) is 0 Å². The van der Waals surface area contributed by atoms with Gasteiger partial charge < -0.3 is 45.1 Å². The van der Waals surface area contributed by atoms with Gasteiger partial charge in [0.15, 0.2) is 12.4 Å². The lowest BCUT2D eigenvalue weighted by molar-refractivity contribution is -0.305. The number of nitrogens with one attached hydrogen (secondary N) is 1. The second-order valence-corrected chi connectivity index (χ2v) is 22.1. The Morgan fingerprint density at radius 1 is 0.482 bits per heavy atom. The molecule has 0 aromatic rings. The number of aliphatic hydroxyl groups is 5. The number of esters is 1. The number of carbonyl (C=O) groups excluding carboxylic acids is 2. The van der Waals surface area contributed by atoms with E-state index < -0.39 is 67.4 Å². The number of rotatable bonds is 54. The average molecular weight is 1160 g/mol. The standard InChI is InChI=1S/C72H119NO10/c1-4-7-10-13-16-19-22-24-26-28-30-32-34-35-37-39-41-44-47-50-53-56-59-65(76)71(80)73-63(64(75)58-55-52-49-46-43-21-18-15-12-9-6-3)62-81-72-70(69(79)68(78)66(61-74)82-72)83-67(77)60-57-54-51-48-45-42-40-38-36-33-31-29-27-25-23-20-17-14-11-8-5-2/h8,11,16-17,19-20,24-27,30-33,35,37-38,40,45,48,55,58,63-66,68-70,72,74-76,78-79H,4-7,9-10,12-15,18,21-23,28-29,34,36,39,41-44,46-47,49-54,56-57,59-62H2,1-3H3,(H,73,80)/b11-8-,19-16-,20-17-,26-24-,27-25-,32-30-,33-31-,37-35-,40-38-,48-45-,58-55+. The molecule has 8 unspecified atom stereocenters. The molecule has 1 heterocycles. The van der Waals surface area contributed by atoms with Gasteiger partial charge in [-0.2, -0.15) is 0 Å². The highest BCUT2D eigenvalue weighted by Crippen LogP contribution is 2.26. The van der Waals surface area contributed by atoms with E-state index in [1.807, 2.05) is 6.08 Å². The Balaban J connectivity index is 2.67. The second kappa shape index (κ2) is 58.2. The van der Waals surface area contributed by atoms with Crippen LogP contribution in [0, 0.1) is 0 Å². The quantitative estimate of drug-likeness (QED) is 0.0195. The number of allylic oxidation sites excluding steroid dienone is 21. The molecular weight excluding hydrogens is 1040 g/mol. The highest BCUT2D eigenvalue weighted by atomic mass is 16.7. The number of ether oxygens (including phenoxy) is 3. The van der Waals surface area contributed by atoms with Gasteiger partial charge in [-0.05, 0) is 122 Å². The van der Waals surface area contributed by atoms with Gasteiger partial charge in [-0.3, -0.25) is 9.59 Å². The number of unbranched alkanes of at least 4 members (excludes halogenated alkanes) is 20. The minimum absolute atomic E-state index is 0.0594. The molecule has 1 rings (SSSR count). The highest BCUT2D eigenvalue weighted by molar-refractivity contribution is 5.80. The molecule has 11 heteroatoms. The molecule has 83 heavy (non-hydrogen) atoms. The van der Waals surface area contributed by atoms with Gasteiger partial charge >= 0.3 is 5.97 Å². The maximum Gasteiger partial charge on any atom is 0.306 e. The molecular formula is C72H119NO10. The Morgan fingerprint density at radius 2 is 0.867 bits per heavy atom. The summed E-state index contributed by atoms with van der Waals surface area (Å²) in [7, 11) is 0. The van der Waals surface area contributed by atoms with Crippen molar-refractivity contribution >= 4 is 11.9 Å². The van der Waals surface area contributed by atoms with Crippen molar-refractivity contribution in [1.29, 1.82) is 0 Å². The molecule has 0 aromatic carbocycles. The minimum Gasteiger partial charge on any atom is -0.454 e. The number of hydrogen-bond donors (Lipinski definition) is 6. The molecule has 0 radical (unpaired) electrons. The monoisotopic (exact) mass is 1160 g/mol. The van der Waals surface area contributed by atoms with Crippen molar-refractivity contribution in [2.75, 3.05) is 13.2 Å². The molecule has 1 aliphatic rings. The summed E-state index contributed by atoms with van der Waals surface area (Å²) in [6.07, 6.45) is 72.0. The summed E-state index contributed by atoms with van der Waals surface area (Å²) in [4.78, 5) is 26.6. The summed E-state index contributed by atoms with van der Waals surface area (Å²) in [5.74, 6) is -1.26. The van der Waals surface area contributed by atoms with Gasteiger partial charge in [0.2, 0.25) is 5.91 Å². The Hall–Kier alpha value is -4.20. The SMILES string of the molecule is CC/C=C\C/C=C\C/C=C\C/C=C\C/C=C\C/C=C\CCCCC(=O)OC1C(OCC(NC(=O)C(O)CCCCCCCC/C=C\C/C=C\C/C=C\C/C=C\CCCCC)C(O)/C=C/CCCCCCCCCCC)OC(CO)C(O)C1O. The fourth-order valence-corrected chi connectivity index (χ4v) is 9.34. The Morgan fingerprint density at radius 3 is 1.33 bits per heavy atom. The minimum atomic E-state index is -1.64. The van der Waals surface area contributed by atoms with Crippen molar-refractivity contribution < 1.29 is 49.3 Å². The number of aliphatic hydroxyl groups excluding tert-OH is 5. The molecule has 6 N–H and O–H groups in total. The Kier molecular flexibility index (Phi) is 53.9. The zero-order valence-corrected chi connectivity index (χ0v) is 52.3. The second-order valence-electron chi connectivity index (χ2n) is 22.1. The third-order valence-electron chi connectivity index (χ3n) is 14.5. The van der Waals surface area contributed by atoms with Gasteiger partial charge in [0.1, 0.15) is 24.4 Å². The number of hydrogen-bond acceptors (Lipinski definition) is 10. The first-order valence-electron chi connectivity index (χ1n) is 33.0. The normalized spacial score (nSPS) is 19.4. The van der Waals surface area contributed by atoms with Crippen LogP contribution in [-0.2, 0) is 23.8 Å². The first-order valence-corrected chi connectivity index (χ1v) is 33.0. The van der Waals surface area contributed by atoms with Gasteiger partial charge in [-0.15, -0.1) is 0 Å². The molecule has 1 saturated heterocycles. The van der Waals surface area contributed by atoms with E-state index in [2.05, 4.69) is 148 Å². The molecule has 472 valence electrons. The fraction of sp³-hybridized carbons (Fsp3) is 0.667. The zero-order valence-electron chi connectivity index (χ0n) is 52.3. The largest absolute Gasteiger partial charge is 0.454 e. The van der Waals surface area contributed by atoms with Crippen LogP contribution in [0.5, 0.6) is 0 Å². The van der Waals surface area contributed by atoms with E-state index in [1.54, 1.807) is 6.08 Å². The molecule has 0 spiro atoms. The smallest absolute Gasteiger partial charge is 0.306 e. The van der Waals surface area contributed by atoms with Crippen molar-refractivity contribution in [3.05, 3.63) is 134 Å². The summed E-state index contributed by atoms with van der Waals surface area (Å²) >= 11 is 0. The first-order chi connectivity index (χ1) is 40.7. The lowest BCUT2D eigenvalue weighted by Crippen LogP contribution is -2.61. The van der Waals surface area contributed by atoms with E-state index in [1.165, 1.54) is 64.2 Å². The zero-order chi connectivity index (χ0) is 60.3. The summed E-state index contributed by atoms with van der Waals surface area (Å²) in [5.41, 5.74) is 0. The molecule has 0 bridgehead atoms. The molecule has 8 atom stereocenters. The van der Waals surface area contributed by atoms with Gasteiger partial charge in [0.25, 0.3) is 0 Å². The molecule has 0 aromatic heterocycles. The summed E-state index contributed by atoms with van der Waals surface area (Å²) in [5, 5.41) is 57.1. The number of carbonyl (C=O) groups is 2. The summed E-state index contributed by atoms with van der Waals surface area (Å²) < 4.78 is 17.6. The van der Waals surface area contributed by atoms with Gasteiger partial charge in [-0.1, -0.05) is 251 Å². The predicted octanol–water partition coefficient (Wildman–Crippen LogP) is 16.4. The van der Waals surface area contributed by atoms with Crippen molar-refractivity contribution in [2.24, 2.45) is 0 Å². The van der Waals surface area contributed by atoms with Crippen molar-refractivity contribution in [1.82, 2.24) is 5.32 Å². The Labute approximate surface area is 505 Å². The number of amides is 1. The van der Waals surface area contributed by atoms with E-state index in [0.717, 1.165) is 135 Å². The van der Waals surface area contributed by atoms with Crippen LogP contribution in [0.3, 0.4) is 0 Å². The molecule has 1 fully saturated rings. The topological polar surface area (TPSA) is 175 Å². The van der Waals surface area contributed by atoms with Gasteiger partial charge in [0, 0.05) is 6.42 Å². The van der Waals surface area contributed by atoms with E-state index >= 15 is 0 Å². The van der Waals surface area contributed by atoms with Crippen LogP contribution < -0.4 is 5.32 Å². The lowest BCUT2D eigenvalue weighted by atomic mass is 9.99. The van der Waals surface area contributed by atoms with Crippen molar-refractivity contribution in [3.8, 4) is 0 Å². The summed E-state index contributed by atoms with van der Waals surface area (Å²) in [6, 6.07) is -1.05. The van der Waals surface area contributed by atoms with Crippen molar-refractivity contribution in [2.45, 2.75) is 294 Å². The maximum atomic E-state index is 13.4. The predicted molar refractivity (Wildman–Crippen MR) is 347 cm³/mol. The molecule has 1 aliphatic heterocycles. The molecule has 1 amide bonds. The van der Waals surface area contributed by atoms with Gasteiger partial charge in [-0.25, -0.2) is 0 Å². The van der Waals surface area contributed by atoms with Crippen LogP contribution in [0.2, 0.25) is 0 Å². The van der Waals surface area contributed by atoms with E-state index in [9.17, 15) is 35.1 Å². The van der Waals surface area contributed by atoms with Crippen LogP contribution in [0.15, 0.2) is 134 Å².